The lowest BCUT2D eigenvalue weighted by atomic mass is 9.93. The lowest BCUT2D eigenvalue weighted by molar-refractivity contribution is -0.152. The molecule has 1 unspecified atom stereocenters. The Morgan fingerprint density at radius 2 is 2.06 bits per heavy atom. The monoisotopic (exact) mass is 235 g/mol. The first-order valence-electron chi connectivity index (χ1n) is 5.90. The van der Waals surface area contributed by atoms with E-state index >= 15 is 0 Å². The molecule has 1 aromatic rings. The van der Waals surface area contributed by atoms with Crippen molar-refractivity contribution >= 4 is 5.97 Å². The summed E-state index contributed by atoms with van der Waals surface area (Å²) in [6.07, 6.45) is 7.91. The Hall–Kier alpha value is -1.49. The summed E-state index contributed by atoms with van der Waals surface area (Å²) < 4.78 is 0. The maximum absolute atomic E-state index is 11.6. The maximum Gasteiger partial charge on any atom is 0.330 e. The van der Waals surface area contributed by atoms with Gasteiger partial charge in [0.1, 0.15) is 0 Å². The summed E-state index contributed by atoms with van der Waals surface area (Å²) in [5, 5.41) is 9.53. The van der Waals surface area contributed by atoms with Crippen molar-refractivity contribution in [3.63, 3.8) is 0 Å². The van der Waals surface area contributed by atoms with E-state index in [1.807, 2.05) is 4.90 Å². The van der Waals surface area contributed by atoms with E-state index < -0.39 is 11.5 Å². The minimum Gasteiger partial charge on any atom is -0.480 e. The van der Waals surface area contributed by atoms with E-state index in [1.54, 1.807) is 25.5 Å². The van der Waals surface area contributed by atoms with E-state index in [0.29, 0.717) is 5.69 Å². The van der Waals surface area contributed by atoms with Crippen molar-refractivity contribution in [2.75, 3.05) is 13.1 Å². The highest BCUT2D eigenvalue weighted by Gasteiger charge is 2.43. The van der Waals surface area contributed by atoms with Crippen LogP contribution in [0.25, 0.3) is 0 Å². The Morgan fingerprint density at radius 1 is 1.35 bits per heavy atom. The second-order valence-electron chi connectivity index (χ2n) is 4.52. The molecule has 2 rings (SSSR count). The molecule has 1 saturated heterocycles. The standard InChI is InChI=1S/C12H17N3O2/c1-12(11(16)17,10-9-13-5-6-14-10)15-7-3-2-4-8-15/h5-6,9H,2-4,7-8H2,1H3,(H,16,17). The molecular formula is C12H17N3O2. The molecule has 0 aromatic carbocycles. The molecule has 1 atom stereocenters. The average molecular weight is 235 g/mol. The fraction of sp³-hybridized carbons (Fsp3) is 0.583. The second-order valence-corrected chi connectivity index (χ2v) is 4.52. The van der Waals surface area contributed by atoms with Crippen LogP contribution in [0.3, 0.4) is 0 Å². The molecule has 5 nitrogen and oxygen atoms in total. The second kappa shape index (κ2) is 4.79. The van der Waals surface area contributed by atoms with Gasteiger partial charge in [-0.15, -0.1) is 0 Å². The highest BCUT2D eigenvalue weighted by atomic mass is 16.4. The number of aliphatic carboxylic acids is 1. The Bertz CT molecular complexity index is 390. The van der Waals surface area contributed by atoms with E-state index in [0.717, 1.165) is 25.9 Å². The average Bonchev–Trinajstić information content (AvgIpc) is 2.39. The molecule has 2 heterocycles. The summed E-state index contributed by atoms with van der Waals surface area (Å²) in [5.41, 5.74) is -0.552. The molecule has 1 fully saturated rings. The smallest absolute Gasteiger partial charge is 0.330 e. The van der Waals surface area contributed by atoms with E-state index in [9.17, 15) is 9.90 Å². The van der Waals surface area contributed by atoms with Crippen LogP contribution in [0.2, 0.25) is 0 Å². The third-order valence-electron chi connectivity index (χ3n) is 3.47. The predicted molar refractivity (Wildman–Crippen MR) is 62.4 cm³/mol. The summed E-state index contributed by atoms with van der Waals surface area (Å²) in [5.74, 6) is -0.861. The third kappa shape index (κ3) is 2.15. The van der Waals surface area contributed by atoms with Crippen molar-refractivity contribution in [1.82, 2.24) is 14.9 Å². The molecule has 0 saturated carbocycles. The highest BCUT2D eigenvalue weighted by Crippen LogP contribution is 2.29. The fourth-order valence-electron chi connectivity index (χ4n) is 2.30. The van der Waals surface area contributed by atoms with Gasteiger partial charge in [0, 0.05) is 12.4 Å². The Morgan fingerprint density at radius 3 is 2.59 bits per heavy atom. The first-order chi connectivity index (χ1) is 8.15. The number of hydrogen-bond donors (Lipinski definition) is 1. The number of likely N-dealkylation sites (tertiary alicyclic amines) is 1. The van der Waals surface area contributed by atoms with Gasteiger partial charge in [-0.1, -0.05) is 6.42 Å². The Balaban J connectivity index is 2.35. The summed E-state index contributed by atoms with van der Waals surface area (Å²) >= 11 is 0. The zero-order chi connectivity index (χ0) is 12.3. The van der Waals surface area contributed by atoms with Crippen LogP contribution in [0.1, 0.15) is 31.9 Å². The molecule has 1 aliphatic heterocycles. The largest absolute Gasteiger partial charge is 0.480 e. The van der Waals surface area contributed by atoms with Crippen LogP contribution in [0.4, 0.5) is 0 Å². The van der Waals surface area contributed by atoms with Gasteiger partial charge in [0.05, 0.1) is 11.9 Å². The van der Waals surface area contributed by atoms with Crippen molar-refractivity contribution in [3.8, 4) is 0 Å². The summed E-state index contributed by atoms with van der Waals surface area (Å²) in [4.78, 5) is 21.7. The van der Waals surface area contributed by atoms with Crippen molar-refractivity contribution < 1.29 is 9.90 Å². The number of rotatable bonds is 3. The van der Waals surface area contributed by atoms with Gasteiger partial charge in [-0.2, -0.15) is 0 Å². The molecule has 0 radical (unpaired) electrons. The number of aromatic nitrogens is 2. The van der Waals surface area contributed by atoms with Crippen LogP contribution >= 0.6 is 0 Å². The van der Waals surface area contributed by atoms with E-state index in [2.05, 4.69) is 9.97 Å². The molecular weight excluding hydrogens is 218 g/mol. The van der Waals surface area contributed by atoms with E-state index in [1.165, 1.54) is 6.42 Å². The first-order valence-corrected chi connectivity index (χ1v) is 5.90. The molecule has 0 aliphatic carbocycles. The van der Waals surface area contributed by atoms with Gasteiger partial charge in [0.15, 0.2) is 5.54 Å². The zero-order valence-electron chi connectivity index (χ0n) is 9.96. The molecule has 1 aliphatic rings. The number of hydrogen-bond acceptors (Lipinski definition) is 4. The van der Waals surface area contributed by atoms with Crippen molar-refractivity contribution in [1.29, 1.82) is 0 Å². The molecule has 1 aromatic heterocycles. The Labute approximate surface area is 100 Å². The summed E-state index contributed by atoms with van der Waals surface area (Å²) in [6.45, 7) is 3.32. The number of carboxylic acids is 1. The molecule has 17 heavy (non-hydrogen) atoms. The number of carbonyl (C=O) groups is 1. The molecule has 1 N–H and O–H groups in total. The van der Waals surface area contributed by atoms with Gasteiger partial charge >= 0.3 is 5.97 Å². The summed E-state index contributed by atoms with van der Waals surface area (Å²) in [7, 11) is 0. The van der Waals surface area contributed by atoms with Crippen molar-refractivity contribution in [3.05, 3.63) is 24.3 Å². The van der Waals surface area contributed by atoms with Crippen LogP contribution in [0, 0.1) is 0 Å². The van der Waals surface area contributed by atoms with Crippen LogP contribution in [0.15, 0.2) is 18.6 Å². The third-order valence-corrected chi connectivity index (χ3v) is 3.47. The summed E-state index contributed by atoms with van der Waals surface area (Å²) in [6, 6.07) is 0. The quantitative estimate of drug-likeness (QED) is 0.854. The number of nitrogens with zero attached hydrogens (tertiary/aromatic N) is 3. The number of piperidine rings is 1. The molecule has 0 spiro atoms. The highest BCUT2D eigenvalue weighted by molar-refractivity contribution is 5.79. The van der Waals surface area contributed by atoms with Crippen molar-refractivity contribution in [2.45, 2.75) is 31.7 Å². The molecule has 92 valence electrons. The normalized spacial score (nSPS) is 20.8. The van der Waals surface area contributed by atoms with Gasteiger partial charge in [0.25, 0.3) is 0 Å². The maximum atomic E-state index is 11.6. The molecule has 5 heteroatoms. The van der Waals surface area contributed by atoms with E-state index in [-0.39, 0.29) is 0 Å². The van der Waals surface area contributed by atoms with Crippen LogP contribution in [-0.2, 0) is 10.3 Å². The number of carboxylic acid groups (broad SMARTS) is 1. The van der Waals surface area contributed by atoms with Crippen LogP contribution in [-0.4, -0.2) is 39.0 Å². The van der Waals surface area contributed by atoms with Crippen LogP contribution < -0.4 is 0 Å². The lowest BCUT2D eigenvalue weighted by Gasteiger charge is -2.39. The fourth-order valence-corrected chi connectivity index (χ4v) is 2.30. The Kier molecular flexibility index (Phi) is 3.38. The predicted octanol–water partition coefficient (Wildman–Crippen LogP) is 1.26. The van der Waals surface area contributed by atoms with Crippen molar-refractivity contribution in [2.24, 2.45) is 0 Å². The van der Waals surface area contributed by atoms with Gasteiger partial charge in [-0.3, -0.25) is 14.9 Å². The zero-order valence-corrected chi connectivity index (χ0v) is 9.96. The van der Waals surface area contributed by atoms with Gasteiger partial charge < -0.3 is 5.11 Å². The van der Waals surface area contributed by atoms with E-state index in [4.69, 9.17) is 0 Å². The SMILES string of the molecule is CC(C(=O)O)(c1cnccn1)N1CCCCC1. The topological polar surface area (TPSA) is 66.3 Å². The van der Waals surface area contributed by atoms with Gasteiger partial charge in [-0.25, -0.2) is 4.79 Å². The minimum absolute atomic E-state index is 0.509. The first kappa shape index (κ1) is 12.0. The molecule has 0 amide bonds. The van der Waals surface area contributed by atoms with Gasteiger partial charge in [-0.05, 0) is 32.9 Å². The van der Waals surface area contributed by atoms with Gasteiger partial charge in [0.2, 0.25) is 0 Å². The molecule has 0 bridgehead atoms. The van der Waals surface area contributed by atoms with Crippen LogP contribution in [0.5, 0.6) is 0 Å². The minimum atomic E-state index is -1.06. The lowest BCUT2D eigenvalue weighted by Crippen LogP contribution is -2.52.